The number of rotatable bonds is 30. The van der Waals surface area contributed by atoms with Crippen molar-refractivity contribution in [2.45, 2.75) is 161 Å². The highest BCUT2D eigenvalue weighted by Crippen LogP contribution is 2.12. The quantitative estimate of drug-likeness (QED) is 0.0332. The van der Waals surface area contributed by atoms with Crippen LogP contribution >= 0.6 is 0 Å². The van der Waals surface area contributed by atoms with Crippen molar-refractivity contribution in [3.8, 4) is 0 Å². The Kier molecular flexibility index (Phi) is 31.0. The third-order valence-electron chi connectivity index (χ3n) is 7.47. The Labute approximate surface area is 264 Å². The molecule has 0 aliphatic carbocycles. The highest BCUT2D eigenvalue weighted by atomic mass is 16.3. The minimum absolute atomic E-state index is 0.0229. The van der Waals surface area contributed by atoms with Gasteiger partial charge in [-0.1, -0.05) is 146 Å². The third kappa shape index (κ3) is 29.6. The van der Waals surface area contributed by atoms with Gasteiger partial charge < -0.3 is 15.5 Å². The molecule has 0 saturated heterocycles. The largest absolute Gasteiger partial charge is 0.394 e. The zero-order valence-electron chi connectivity index (χ0n) is 27.7. The topological polar surface area (TPSA) is 86.6 Å². The van der Waals surface area contributed by atoms with Crippen molar-refractivity contribution < 1.29 is 19.8 Å². The van der Waals surface area contributed by atoms with Crippen LogP contribution in [0.25, 0.3) is 0 Å². The lowest BCUT2D eigenvalue weighted by Gasteiger charge is -2.19. The molecule has 5 nitrogen and oxygen atoms in total. The van der Waals surface area contributed by atoms with E-state index >= 15 is 0 Å². The lowest BCUT2D eigenvalue weighted by atomic mass is 10.0. The highest BCUT2D eigenvalue weighted by molar-refractivity contribution is 5.90. The van der Waals surface area contributed by atoms with Crippen molar-refractivity contribution in [3.63, 3.8) is 0 Å². The first-order valence-corrected chi connectivity index (χ1v) is 17.5. The SMILES string of the molecule is CCCCC/C=C\C/C=C\C/C=C\C=C\C(=O)CCCC(=O)N[C@@H](CO)[C@H](O)/C=C/CCCCCCCCCCCCC. The summed E-state index contributed by atoms with van der Waals surface area (Å²) in [5.74, 6) is -0.290. The van der Waals surface area contributed by atoms with Crippen molar-refractivity contribution in [3.05, 3.63) is 60.8 Å². The lowest BCUT2D eigenvalue weighted by molar-refractivity contribution is -0.123. The number of carbonyl (C=O) groups excluding carboxylic acids is 2. The van der Waals surface area contributed by atoms with Crippen molar-refractivity contribution in [2.24, 2.45) is 0 Å². The molecule has 0 aromatic heterocycles. The van der Waals surface area contributed by atoms with Gasteiger partial charge in [-0.2, -0.15) is 0 Å². The van der Waals surface area contributed by atoms with E-state index in [-0.39, 0.29) is 31.1 Å². The van der Waals surface area contributed by atoms with Crippen LogP contribution in [0.4, 0.5) is 0 Å². The number of carbonyl (C=O) groups is 2. The molecule has 0 aliphatic heterocycles. The predicted octanol–water partition coefficient (Wildman–Crippen LogP) is 9.41. The average Bonchev–Trinajstić information content (AvgIpc) is 3.00. The third-order valence-corrected chi connectivity index (χ3v) is 7.47. The summed E-state index contributed by atoms with van der Waals surface area (Å²) in [6.45, 7) is 4.13. The zero-order valence-corrected chi connectivity index (χ0v) is 27.7. The van der Waals surface area contributed by atoms with E-state index in [1.165, 1.54) is 89.5 Å². The number of allylic oxidation sites excluding steroid dienone is 9. The van der Waals surface area contributed by atoms with Crippen LogP contribution in [0.2, 0.25) is 0 Å². The standard InChI is InChI=1S/C38H65NO4/c1-3-5-7-9-11-13-15-17-19-21-23-25-27-30-35(41)31-29-33-38(43)39-36(34-40)37(42)32-28-26-24-22-20-18-16-14-12-10-8-6-4-2/h11,13,17,19,23,25,27-28,30,32,36-37,40,42H,3-10,12,14-16,18,20-22,24,26,29,31,33-34H2,1-2H3,(H,39,43)/b13-11-,19-17-,25-23-,30-27+,32-28+/t36-,37+/m0/s1. The van der Waals surface area contributed by atoms with E-state index in [9.17, 15) is 19.8 Å². The molecule has 1 amide bonds. The molecule has 0 unspecified atom stereocenters. The summed E-state index contributed by atoms with van der Waals surface area (Å²) in [6.07, 6.45) is 41.4. The molecule has 3 N–H and O–H groups in total. The molecule has 0 rings (SSSR count). The van der Waals surface area contributed by atoms with Crippen LogP contribution in [0.3, 0.4) is 0 Å². The van der Waals surface area contributed by atoms with Crippen LogP contribution < -0.4 is 5.32 Å². The average molecular weight is 600 g/mol. The molecule has 0 fully saturated rings. The molecular formula is C38H65NO4. The van der Waals surface area contributed by atoms with E-state index in [0.29, 0.717) is 6.42 Å². The van der Waals surface area contributed by atoms with Crippen molar-refractivity contribution >= 4 is 11.7 Å². The lowest BCUT2D eigenvalue weighted by Crippen LogP contribution is -2.45. The first-order valence-electron chi connectivity index (χ1n) is 17.5. The maximum Gasteiger partial charge on any atom is 0.220 e. The van der Waals surface area contributed by atoms with Crippen molar-refractivity contribution in [1.82, 2.24) is 5.32 Å². The van der Waals surface area contributed by atoms with Gasteiger partial charge in [-0.15, -0.1) is 0 Å². The minimum atomic E-state index is -0.931. The highest BCUT2D eigenvalue weighted by Gasteiger charge is 2.18. The molecule has 0 saturated carbocycles. The number of amides is 1. The first kappa shape index (κ1) is 40.8. The molecule has 0 bridgehead atoms. The molecule has 0 aromatic rings. The van der Waals surface area contributed by atoms with E-state index in [1.54, 1.807) is 12.2 Å². The second-order valence-corrected chi connectivity index (χ2v) is 11.6. The molecule has 0 spiro atoms. The van der Waals surface area contributed by atoms with Gasteiger partial charge in [0.25, 0.3) is 0 Å². The Balaban J connectivity index is 3.93. The number of nitrogens with one attached hydrogen (secondary N) is 1. The molecule has 246 valence electrons. The number of unbranched alkanes of at least 4 members (excludes halogenated alkanes) is 14. The molecule has 43 heavy (non-hydrogen) atoms. The Hall–Kier alpha value is -2.24. The van der Waals surface area contributed by atoms with Crippen LogP contribution in [-0.4, -0.2) is 40.7 Å². The van der Waals surface area contributed by atoms with Crippen LogP contribution in [-0.2, 0) is 9.59 Å². The second-order valence-electron chi connectivity index (χ2n) is 11.6. The summed E-state index contributed by atoms with van der Waals surface area (Å²) in [6, 6.07) is -0.738. The minimum Gasteiger partial charge on any atom is -0.394 e. The fourth-order valence-corrected chi connectivity index (χ4v) is 4.72. The van der Waals surface area contributed by atoms with Crippen molar-refractivity contribution in [2.75, 3.05) is 6.61 Å². The maximum atomic E-state index is 12.3. The molecule has 0 radical (unpaired) electrons. The monoisotopic (exact) mass is 599 g/mol. The normalized spacial score (nSPS) is 13.8. The molecule has 5 heteroatoms. The summed E-state index contributed by atoms with van der Waals surface area (Å²) in [5.41, 5.74) is 0. The number of hydrogen-bond donors (Lipinski definition) is 3. The van der Waals surface area contributed by atoms with Gasteiger partial charge in [0.15, 0.2) is 5.78 Å². The maximum absolute atomic E-state index is 12.3. The fourth-order valence-electron chi connectivity index (χ4n) is 4.72. The predicted molar refractivity (Wildman–Crippen MR) is 184 cm³/mol. The summed E-state index contributed by atoms with van der Waals surface area (Å²) in [4.78, 5) is 24.3. The van der Waals surface area contributed by atoms with E-state index in [4.69, 9.17) is 0 Å². The summed E-state index contributed by atoms with van der Waals surface area (Å²) >= 11 is 0. The van der Waals surface area contributed by atoms with Crippen molar-refractivity contribution in [1.29, 1.82) is 0 Å². The number of aliphatic hydroxyl groups excluding tert-OH is 2. The van der Waals surface area contributed by atoms with Gasteiger partial charge in [0, 0.05) is 12.8 Å². The number of ketones is 1. The number of hydrogen-bond acceptors (Lipinski definition) is 4. The van der Waals surface area contributed by atoms with Gasteiger partial charge in [0.2, 0.25) is 5.91 Å². The summed E-state index contributed by atoms with van der Waals surface area (Å²) in [5, 5.41) is 22.7. The zero-order chi connectivity index (χ0) is 31.6. The van der Waals surface area contributed by atoms with Gasteiger partial charge in [-0.05, 0) is 51.0 Å². The van der Waals surface area contributed by atoms with Gasteiger partial charge >= 0.3 is 0 Å². The van der Waals surface area contributed by atoms with Gasteiger partial charge in [0.1, 0.15) is 0 Å². The van der Waals surface area contributed by atoms with Gasteiger partial charge in [-0.25, -0.2) is 0 Å². The Bertz CT molecular complexity index is 796. The van der Waals surface area contributed by atoms with E-state index in [1.807, 2.05) is 18.2 Å². The van der Waals surface area contributed by atoms with Crippen LogP contribution in [0.15, 0.2) is 60.8 Å². The van der Waals surface area contributed by atoms with Crippen LogP contribution in [0.5, 0.6) is 0 Å². The van der Waals surface area contributed by atoms with Gasteiger partial charge in [-0.3, -0.25) is 9.59 Å². The Morgan fingerprint density at radius 1 is 0.628 bits per heavy atom. The van der Waals surface area contributed by atoms with Gasteiger partial charge in [0.05, 0.1) is 18.8 Å². The fraction of sp³-hybridized carbons (Fsp3) is 0.684. The smallest absolute Gasteiger partial charge is 0.220 e. The summed E-state index contributed by atoms with van der Waals surface area (Å²) < 4.78 is 0. The Morgan fingerprint density at radius 2 is 1.16 bits per heavy atom. The van der Waals surface area contributed by atoms with Crippen LogP contribution in [0, 0.1) is 0 Å². The second kappa shape index (κ2) is 32.7. The molecule has 0 heterocycles. The van der Waals surface area contributed by atoms with E-state index in [0.717, 1.165) is 32.1 Å². The molecule has 0 aliphatic rings. The molecular weight excluding hydrogens is 534 g/mol. The first-order chi connectivity index (χ1) is 21.0. The van der Waals surface area contributed by atoms with Crippen LogP contribution in [0.1, 0.15) is 149 Å². The number of aliphatic hydroxyl groups is 2. The van der Waals surface area contributed by atoms with E-state index in [2.05, 4.69) is 43.5 Å². The summed E-state index contributed by atoms with van der Waals surface area (Å²) in [7, 11) is 0. The molecule has 0 aromatic carbocycles. The van der Waals surface area contributed by atoms with E-state index < -0.39 is 12.1 Å². The molecule has 2 atom stereocenters. The Morgan fingerprint density at radius 3 is 1.81 bits per heavy atom.